The molecule has 0 aliphatic rings. The second-order valence-electron chi connectivity index (χ2n) is 6.81. The Morgan fingerprint density at radius 2 is 1.65 bits per heavy atom. The molecule has 3 heteroatoms. The van der Waals surface area contributed by atoms with E-state index in [-0.39, 0.29) is 0 Å². The van der Waals surface area contributed by atoms with Gasteiger partial charge in [-0.3, -0.25) is 4.90 Å². The van der Waals surface area contributed by atoms with Gasteiger partial charge in [0, 0.05) is 35.4 Å². The monoisotopic (exact) mass is 296 g/mol. The average molecular weight is 297 g/mol. The maximum Gasteiger partial charge on any atom is 0.0330 e. The average Bonchev–Trinajstić information content (AvgIpc) is 2.74. The van der Waals surface area contributed by atoms with E-state index in [1.165, 1.54) is 16.3 Å². The van der Waals surface area contributed by atoms with Gasteiger partial charge in [-0.2, -0.15) is 0 Å². The van der Waals surface area contributed by atoms with E-state index in [2.05, 4.69) is 63.9 Å². The van der Waals surface area contributed by atoms with Crippen LogP contribution >= 0.6 is 11.3 Å². The maximum absolute atomic E-state index is 3.52. The molecule has 1 N–H and O–H groups in total. The number of hydrogen-bond acceptors (Lipinski definition) is 3. The normalized spacial score (nSPS) is 12.3. The van der Waals surface area contributed by atoms with Crippen molar-refractivity contribution in [3.8, 4) is 0 Å². The van der Waals surface area contributed by atoms with Crippen LogP contribution in [-0.2, 0) is 13.1 Å². The van der Waals surface area contributed by atoms with Crippen LogP contribution in [0, 0.1) is 11.8 Å². The second kappa shape index (κ2) is 8.81. The van der Waals surface area contributed by atoms with Crippen molar-refractivity contribution in [1.29, 1.82) is 0 Å². The van der Waals surface area contributed by atoms with E-state index in [4.69, 9.17) is 0 Å². The number of thiophene rings is 1. The van der Waals surface area contributed by atoms with Crippen molar-refractivity contribution >= 4 is 11.3 Å². The van der Waals surface area contributed by atoms with Crippen LogP contribution in [0.3, 0.4) is 0 Å². The lowest BCUT2D eigenvalue weighted by Crippen LogP contribution is -2.33. The van der Waals surface area contributed by atoms with Crippen LogP contribution in [0.1, 0.15) is 51.3 Å². The molecule has 2 nitrogen and oxygen atoms in total. The smallest absolute Gasteiger partial charge is 0.0330 e. The fourth-order valence-corrected chi connectivity index (χ4v) is 3.23. The van der Waals surface area contributed by atoms with Crippen LogP contribution in [0.5, 0.6) is 0 Å². The topological polar surface area (TPSA) is 15.3 Å². The van der Waals surface area contributed by atoms with Crippen LogP contribution in [0.2, 0.25) is 0 Å². The predicted octanol–water partition coefficient (Wildman–Crippen LogP) is 4.36. The molecule has 0 amide bonds. The van der Waals surface area contributed by atoms with Gasteiger partial charge in [0.2, 0.25) is 0 Å². The van der Waals surface area contributed by atoms with E-state index < -0.39 is 0 Å². The van der Waals surface area contributed by atoms with Crippen LogP contribution in [0.4, 0.5) is 0 Å². The van der Waals surface area contributed by atoms with Crippen molar-refractivity contribution in [2.75, 3.05) is 13.1 Å². The van der Waals surface area contributed by atoms with E-state index in [0.717, 1.165) is 31.5 Å². The zero-order valence-electron chi connectivity index (χ0n) is 14.1. The van der Waals surface area contributed by atoms with Gasteiger partial charge in [0.05, 0.1) is 0 Å². The van der Waals surface area contributed by atoms with Crippen molar-refractivity contribution in [3.63, 3.8) is 0 Å². The summed E-state index contributed by atoms with van der Waals surface area (Å²) in [5, 5.41) is 3.52. The summed E-state index contributed by atoms with van der Waals surface area (Å²) in [4.78, 5) is 5.51. The highest BCUT2D eigenvalue weighted by molar-refractivity contribution is 7.11. The first-order valence-electron chi connectivity index (χ1n) is 7.90. The quantitative estimate of drug-likeness (QED) is 0.728. The number of rotatable bonds is 9. The van der Waals surface area contributed by atoms with Gasteiger partial charge in [0.15, 0.2) is 0 Å². The number of hydrogen-bond donors (Lipinski definition) is 1. The number of nitrogens with one attached hydrogen (secondary N) is 1. The first-order valence-corrected chi connectivity index (χ1v) is 8.72. The highest BCUT2D eigenvalue weighted by Crippen LogP contribution is 2.20. The van der Waals surface area contributed by atoms with Crippen molar-refractivity contribution in [2.45, 2.75) is 60.7 Å². The fourth-order valence-electron chi connectivity index (χ4n) is 2.21. The summed E-state index contributed by atoms with van der Waals surface area (Å²) in [7, 11) is 0. The fraction of sp³-hybridized carbons (Fsp3) is 0.765. The van der Waals surface area contributed by atoms with Crippen LogP contribution in [-0.4, -0.2) is 24.0 Å². The third-order valence-electron chi connectivity index (χ3n) is 3.26. The summed E-state index contributed by atoms with van der Waals surface area (Å²) in [6.45, 7) is 18.0. The minimum atomic E-state index is 0.613. The molecule has 0 saturated carbocycles. The van der Waals surface area contributed by atoms with Gasteiger partial charge < -0.3 is 5.32 Å². The number of nitrogens with zero attached hydrogens (tertiary/aromatic N) is 1. The minimum absolute atomic E-state index is 0.613. The van der Waals surface area contributed by atoms with Gasteiger partial charge in [0.1, 0.15) is 0 Å². The Balaban J connectivity index is 2.48. The van der Waals surface area contributed by atoms with Gasteiger partial charge in [0.25, 0.3) is 0 Å². The molecule has 0 saturated heterocycles. The van der Waals surface area contributed by atoms with Crippen LogP contribution in [0.25, 0.3) is 0 Å². The van der Waals surface area contributed by atoms with Gasteiger partial charge in [-0.05, 0) is 44.4 Å². The largest absolute Gasteiger partial charge is 0.312 e. The van der Waals surface area contributed by atoms with E-state index in [1.807, 2.05) is 11.3 Å². The second-order valence-corrected chi connectivity index (χ2v) is 8.06. The first-order chi connectivity index (χ1) is 9.38. The van der Waals surface area contributed by atoms with Crippen LogP contribution < -0.4 is 5.32 Å². The summed E-state index contributed by atoms with van der Waals surface area (Å²) < 4.78 is 0. The molecular weight excluding hydrogens is 264 g/mol. The lowest BCUT2D eigenvalue weighted by molar-refractivity contribution is 0.191. The first kappa shape index (κ1) is 17.7. The molecule has 0 bridgehead atoms. The third kappa shape index (κ3) is 6.87. The zero-order valence-corrected chi connectivity index (χ0v) is 14.9. The van der Waals surface area contributed by atoms with Crippen molar-refractivity contribution in [2.24, 2.45) is 11.8 Å². The van der Waals surface area contributed by atoms with E-state index in [1.54, 1.807) is 0 Å². The summed E-state index contributed by atoms with van der Waals surface area (Å²) in [6, 6.07) is 5.19. The zero-order chi connectivity index (χ0) is 15.1. The van der Waals surface area contributed by atoms with Crippen molar-refractivity contribution in [3.05, 3.63) is 21.9 Å². The van der Waals surface area contributed by atoms with E-state index >= 15 is 0 Å². The van der Waals surface area contributed by atoms with E-state index in [9.17, 15) is 0 Å². The molecule has 0 unspecified atom stereocenters. The van der Waals surface area contributed by atoms with Gasteiger partial charge >= 0.3 is 0 Å². The maximum atomic E-state index is 3.52. The SMILES string of the molecule is CC(C)CNCc1ccc(CN(CC(C)C)C(C)C)s1. The summed E-state index contributed by atoms with van der Waals surface area (Å²) >= 11 is 1.95. The molecule has 0 aliphatic heterocycles. The van der Waals surface area contributed by atoms with E-state index in [0.29, 0.717) is 6.04 Å². The van der Waals surface area contributed by atoms with Gasteiger partial charge in [-0.15, -0.1) is 11.3 Å². The lowest BCUT2D eigenvalue weighted by atomic mass is 10.2. The minimum Gasteiger partial charge on any atom is -0.312 e. The molecule has 1 aromatic rings. The summed E-state index contributed by atoms with van der Waals surface area (Å²) in [5.41, 5.74) is 0. The molecule has 0 radical (unpaired) electrons. The van der Waals surface area contributed by atoms with Crippen molar-refractivity contribution < 1.29 is 0 Å². The highest BCUT2D eigenvalue weighted by atomic mass is 32.1. The lowest BCUT2D eigenvalue weighted by Gasteiger charge is -2.27. The highest BCUT2D eigenvalue weighted by Gasteiger charge is 2.13. The molecule has 1 heterocycles. The molecule has 0 spiro atoms. The Bertz CT molecular complexity index is 369. The molecule has 20 heavy (non-hydrogen) atoms. The predicted molar refractivity (Wildman–Crippen MR) is 91.2 cm³/mol. The Kier molecular flexibility index (Phi) is 7.78. The molecule has 116 valence electrons. The Morgan fingerprint density at radius 1 is 1.00 bits per heavy atom. The molecule has 1 rings (SSSR count). The Labute approximate surface area is 129 Å². The van der Waals surface area contributed by atoms with Crippen LogP contribution in [0.15, 0.2) is 12.1 Å². The molecular formula is C17H32N2S. The van der Waals surface area contributed by atoms with Gasteiger partial charge in [-0.1, -0.05) is 27.7 Å². The molecule has 0 fully saturated rings. The summed E-state index contributed by atoms with van der Waals surface area (Å²) in [5.74, 6) is 1.45. The molecule has 0 atom stereocenters. The summed E-state index contributed by atoms with van der Waals surface area (Å²) in [6.07, 6.45) is 0. The Morgan fingerprint density at radius 3 is 2.20 bits per heavy atom. The molecule has 1 aromatic heterocycles. The standard InChI is InChI=1S/C17H32N2S/c1-13(2)9-18-10-16-7-8-17(20-16)12-19(15(5)6)11-14(3)4/h7-8,13-15,18H,9-12H2,1-6H3. The van der Waals surface area contributed by atoms with Crippen molar-refractivity contribution in [1.82, 2.24) is 10.2 Å². The molecule has 0 aliphatic carbocycles. The van der Waals surface area contributed by atoms with Gasteiger partial charge in [-0.25, -0.2) is 0 Å². The Hall–Kier alpha value is -0.380. The third-order valence-corrected chi connectivity index (χ3v) is 4.33. The molecule has 0 aromatic carbocycles.